The van der Waals surface area contributed by atoms with Crippen molar-refractivity contribution < 1.29 is 22.3 Å². The minimum absolute atomic E-state index is 0.0174. The zero-order valence-electron chi connectivity index (χ0n) is 12.7. The Kier molecular flexibility index (Phi) is 5.05. The summed E-state index contributed by atoms with van der Waals surface area (Å²) in [5, 5.41) is 0. The van der Waals surface area contributed by atoms with E-state index < -0.39 is 15.7 Å². The second-order valence-corrected chi connectivity index (χ2v) is 7.61. The van der Waals surface area contributed by atoms with Crippen molar-refractivity contribution in [2.24, 2.45) is 0 Å². The highest BCUT2D eigenvalue weighted by Gasteiger charge is 2.33. The number of halogens is 1. The summed E-state index contributed by atoms with van der Waals surface area (Å²) in [5.74, 6) is -0.429. The first-order chi connectivity index (χ1) is 10.4. The molecule has 1 saturated heterocycles. The molecule has 7 heteroatoms. The number of likely N-dealkylation sites (N-methyl/N-ethyl adjacent to an activating group) is 1. The average molecular weight is 329 g/mol. The number of carbonyl (C=O) groups excluding carboxylic acids is 1. The van der Waals surface area contributed by atoms with Crippen LogP contribution in [-0.4, -0.2) is 50.4 Å². The molecule has 0 spiro atoms. The van der Waals surface area contributed by atoms with Gasteiger partial charge in [0.1, 0.15) is 0 Å². The number of methoxy groups -OCH3 is 1. The Morgan fingerprint density at radius 2 is 2.18 bits per heavy atom. The maximum atomic E-state index is 13.7. The van der Waals surface area contributed by atoms with Crippen LogP contribution in [-0.2, 0) is 21.1 Å². The molecule has 1 aliphatic heterocycles. The van der Waals surface area contributed by atoms with Gasteiger partial charge in [-0.2, -0.15) is 0 Å². The number of benzene rings is 1. The molecule has 22 heavy (non-hydrogen) atoms. The maximum Gasteiger partial charge on any atom is 0.227 e. The van der Waals surface area contributed by atoms with Gasteiger partial charge in [-0.3, -0.25) is 4.79 Å². The van der Waals surface area contributed by atoms with Gasteiger partial charge in [0.05, 0.1) is 25.0 Å². The van der Waals surface area contributed by atoms with Gasteiger partial charge in [-0.05, 0) is 31.0 Å². The molecule has 1 atom stereocenters. The summed E-state index contributed by atoms with van der Waals surface area (Å²) in [5.41, 5.74) is 0.544. The molecule has 1 fully saturated rings. The highest BCUT2D eigenvalue weighted by atomic mass is 32.2. The fourth-order valence-electron chi connectivity index (χ4n) is 2.76. The number of carbonyl (C=O) groups is 1. The van der Waals surface area contributed by atoms with E-state index in [9.17, 15) is 17.6 Å². The van der Waals surface area contributed by atoms with Crippen LogP contribution < -0.4 is 4.74 Å². The number of ether oxygens (including phenoxy) is 1. The molecule has 1 amide bonds. The molecule has 1 aromatic rings. The first-order valence-electron chi connectivity index (χ1n) is 7.18. The zero-order chi connectivity index (χ0) is 16.3. The Balaban J connectivity index is 2.08. The monoisotopic (exact) mass is 329 g/mol. The van der Waals surface area contributed by atoms with Crippen molar-refractivity contribution in [2.45, 2.75) is 25.8 Å². The molecular weight excluding hydrogens is 309 g/mol. The minimum atomic E-state index is -3.04. The highest BCUT2D eigenvalue weighted by Crippen LogP contribution is 2.21. The van der Waals surface area contributed by atoms with E-state index in [1.165, 1.54) is 19.2 Å². The van der Waals surface area contributed by atoms with Gasteiger partial charge in [0.2, 0.25) is 5.91 Å². The first-order valence-corrected chi connectivity index (χ1v) is 9.00. The van der Waals surface area contributed by atoms with E-state index in [-0.39, 0.29) is 35.6 Å². The molecule has 1 heterocycles. The van der Waals surface area contributed by atoms with E-state index in [2.05, 4.69) is 0 Å². The molecule has 2 rings (SSSR count). The number of rotatable bonds is 5. The van der Waals surface area contributed by atoms with Crippen molar-refractivity contribution in [1.29, 1.82) is 0 Å². The number of hydrogen-bond acceptors (Lipinski definition) is 4. The molecule has 0 bridgehead atoms. The predicted octanol–water partition coefficient (Wildman–Crippen LogP) is 1.41. The van der Waals surface area contributed by atoms with Crippen molar-refractivity contribution in [3.8, 4) is 5.75 Å². The van der Waals surface area contributed by atoms with Crippen molar-refractivity contribution >= 4 is 15.7 Å². The third-order valence-electron chi connectivity index (χ3n) is 3.88. The molecule has 1 aromatic carbocycles. The van der Waals surface area contributed by atoms with Crippen LogP contribution in [0, 0.1) is 5.82 Å². The molecule has 0 aliphatic carbocycles. The van der Waals surface area contributed by atoms with Crippen LogP contribution in [0.25, 0.3) is 0 Å². The number of sulfone groups is 1. The molecule has 0 N–H and O–H groups in total. The third-order valence-corrected chi connectivity index (χ3v) is 5.63. The summed E-state index contributed by atoms with van der Waals surface area (Å²) in [7, 11) is -1.67. The van der Waals surface area contributed by atoms with Crippen molar-refractivity contribution in [2.75, 3.05) is 25.2 Å². The van der Waals surface area contributed by atoms with Gasteiger partial charge < -0.3 is 9.64 Å². The van der Waals surface area contributed by atoms with E-state index in [0.717, 1.165) is 0 Å². The quantitative estimate of drug-likeness (QED) is 0.819. The molecule has 0 aromatic heterocycles. The summed E-state index contributed by atoms with van der Waals surface area (Å²) >= 11 is 0. The van der Waals surface area contributed by atoms with E-state index in [1.54, 1.807) is 11.0 Å². The fourth-order valence-corrected chi connectivity index (χ4v) is 4.49. The Morgan fingerprint density at radius 1 is 1.45 bits per heavy atom. The summed E-state index contributed by atoms with van der Waals surface area (Å²) < 4.78 is 41.6. The Bertz CT molecular complexity index is 660. The zero-order valence-corrected chi connectivity index (χ0v) is 13.5. The number of nitrogens with zero attached hydrogens (tertiary/aromatic N) is 1. The molecule has 1 aliphatic rings. The first kappa shape index (κ1) is 16.7. The van der Waals surface area contributed by atoms with Gasteiger partial charge >= 0.3 is 0 Å². The minimum Gasteiger partial charge on any atom is -0.494 e. The van der Waals surface area contributed by atoms with Crippen molar-refractivity contribution in [1.82, 2.24) is 4.90 Å². The lowest BCUT2D eigenvalue weighted by molar-refractivity contribution is -0.132. The SMILES string of the molecule is CCN(C(=O)Cc1ccc(OC)c(F)c1)C1CCS(=O)(=O)C1. The Morgan fingerprint density at radius 3 is 2.68 bits per heavy atom. The molecule has 1 unspecified atom stereocenters. The maximum absolute atomic E-state index is 13.7. The van der Waals surface area contributed by atoms with Gasteiger partial charge in [-0.1, -0.05) is 6.07 Å². The fraction of sp³-hybridized carbons (Fsp3) is 0.533. The Labute approximate surface area is 130 Å². The molecule has 122 valence electrons. The normalized spacial score (nSPS) is 19.9. The summed E-state index contributed by atoms with van der Waals surface area (Å²) in [6.45, 7) is 2.26. The molecular formula is C15H20FNO4S. The Hall–Kier alpha value is -1.63. The average Bonchev–Trinajstić information content (AvgIpc) is 2.80. The van der Waals surface area contributed by atoms with Crippen LogP contribution in [0.5, 0.6) is 5.75 Å². The van der Waals surface area contributed by atoms with Crippen molar-refractivity contribution in [3.63, 3.8) is 0 Å². The molecule has 5 nitrogen and oxygen atoms in total. The second-order valence-electron chi connectivity index (χ2n) is 5.38. The van der Waals surface area contributed by atoms with Gasteiger partial charge in [-0.15, -0.1) is 0 Å². The lowest BCUT2D eigenvalue weighted by Gasteiger charge is -2.27. The van der Waals surface area contributed by atoms with Crippen LogP contribution >= 0.6 is 0 Å². The smallest absolute Gasteiger partial charge is 0.227 e. The van der Waals surface area contributed by atoms with Gasteiger partial charge in [0.15, 0.2) is 21.4 Å². The van der Waals surface area contributed by atoms with E-state index in [1.807, 2.05) is 6.92 Å². The number of hydrogen-bond donors (Lipinski definition) is 0. The lowest BCUT2D eigenvalue weighted by Crippen LogP contribution is -2.41. The topological polar surface area (TPSA) is 63.7 Å². The van der Waals surface area contributed by atoms with Gasteiger partial charge in [-0.25, -0.2) is 12.8 Å². The largest absolute Gasteiger partial charge is 0.494 e. The van der Waals surface area contributed by atoms with Gasteiger partial charge in [0, 0.05) is 12.6 Å². The lowest BCUT2D eigenvalue weighted by atomic mass is 10.1. The van der Waals surface area contributed by atoms with Gasteiger partial charge in [0.25, 0.3) is 0 Å². The summed E-state index contributed by atoms with van der Waals surface area (Å²) in [6, 6.07) is 4.12. The van der Waals surface area contributed by atoms with E-state index in [0.29, 0.717) is 18.5 Å². The third kappa shape index (κ3) is 3.76. The molecule has 0 radical (unpaired) electrons. The van der Waals surface area contributed by atoms with Crippen LogP contribution in [0.1, 0.15) is 18.9 Å². The van der Waals surface area contributed by atoms with E-state index in [4.69, 9.17) is 4.74 Å². The van der Waals surface area contributed by atoms with Crippen LogP contribution in [0.15, 0.2) is 18.2 Å². The van der Waals surface area contributed by atoms with E-state index >= 15 is 0 Å². The predicted molar refractivity (Wildman–Crippen MR) is 81.1 cm³/mol. The summed E-state index contributed by atoms with van der Waals surface area (Å²) in [6.07, 6.45) is 0.518. The number of amides is 1. The van der Waals surface area contributed by atoms with Crippen LogP contribution in [0.2, 0.25) is 0 Å². The van der Waals surface area contributed by atoms with Crippen LogP contribution in [0.4, 0.5) is 4.39 Å². The highest BCUT2D eigenvalue weighted by molar-refractivity contribution is 7.91. The molecule has 0 saturated carbocycles. The summed E-state index contributed by atoms with van der Waals surface area (Å²) in [4.78, 5) is 14.0. The standard InChI is InChI=1S/C15H20FNO4S/c1-3-17(12-6-7-22(19,20)10-12)15(18)9-11-4-5-14(21-2)13(16)8-11/h4-5,8,12H,3,6-7,9-10H2,1-2H3. The van der Waals surface area contributed by atoms with Crippen molar-refractivity contribution in [3.05, 3.63) is 29.6 Å². The second kappa shape index (κ2) is 6.64. The van der Waals surface area contributed by atoms with Crippen LogP contribution in [0.3, 0.4) is 0 Å².